The summed E-state index contributed by atoms with van der Waals surface area (Å²) < 4.78 is 5.35. The molecular weight excluding hydrogens is 521 g/mol. The van der Waals surface area contributed by atoms with Crippen molar-refractivity contribution in [1.29, 1.82) is 0 Å². The fourth-order valence-electron chi connectivity index (χ4n) is 2.64. The summed E-state index contributed by atoms with van der Waals surface area (Å²) in [5.41, 5.74) is -0.0553. The molecule has 1 aliphatic heterocycles. The minimum atomic E-state index is -0.500. The number of rotatable bonds is 6. The first kappa shape index (κ1) is 26.3. The maximum absolute atomic E-state index is 12.1. The lowest BCUT2D eigenvalue weighted by Crippen LogP contribution is -2.63. The molecule has 1 aliphatic rings. The van der Waals surface area contributed by atoms with Crippen LogP contribution in [0.1, 0.15) is 38.1 Å². The molecule has 1 saturated heterocycles. The Labute approximate surface area is 200 Å². The Morgan fingerprint density at radius 3 is 2.50 bits per heavy atom. The standard InChI is InChI=1S/C20H30ClN5O3.HI/c1-5-22-18(25-14-12-26(13-14)19(28)29-20(2,3)4)24-11-10-23-17(27)15-8-6-7-9-16(15)21;/h6-9,14H,5,10-13H2,1-4H3,(H,23,27)(H2,22,24,25);1H. The summed E-state index contributed by atoms with van der Waals surface area (Å²) >= 11 is 6.03. The van der Waals surface area contributed by atoms with E-state index >= 15 is 0 Å². The van der Waals surface area contributed by atoms with Crippen LogP contribution in [0.15, 0.2) is 29.3 Å². The van der Waals surface area contributed by atoms with Gasteiger partial charge in [0.2, 0.25) is 0 Å². The fraction of sp³-hybridized carbons (Fsp3) is 0.550. The van der Waals surface area contributed by atoms with E-state index in [-0.39, 0.29) is 42.0 Å². The molecule has 0 radical (unpaired) electrons. The highest BCUT2D eigenvalue weighted by Crippen LogP contribution is 2.15. The Hall–Kier alpha value is -1.75. The molecule has 1 aromatic rings. The second kappa shape index (κ2) is 12.2. The van der Waals surface area contributed by atoms with Crippen molar-refractivity contribution >= 4 is 53.5 Å². The molecular formula is C20H31ClIN5O3. The summed E-state index contributed by atoms with van der Waals surface area (Å²) in [5.74, 6) is 0.420. The highest BCUT2D eigenvalue weighted by Gasteiger charge is 2.34. The average molecular weight is 552 g/mol. The van der Waals surface area contributed by atoms with Gasteiger partial charge in [0.1, 0.15) is 5.60 Å². The number of nitrogens with zero attached hydrogens (tertiary/aromatic N) is 2. The number of benzene rings is 1. The molecule has 2 amide bonds. The molecule has 1 fully saturated rings. The van der Waals surface area contributed by atoms with E-state index in [1.807, 2.05) is 27.7 Å². The van der Waals surface area contributed by atoms with E-state index in [9.17, 15) is 9.59 Å². The molecule has 0 atom stereocenters. The van der Waals surface area contributed by atoms with Crippen LogP contribution in [0.2, 0.25) is 5.02 Å². The van der Waals surface area contributed by atoms with Gasteiger partial charge in [0.05, 0.1) is 23.2 Å². The van der Waals surface area contributed by atoms with Gasteiger partial charge in [-0.3, -0.25) is 9.79 Å². The summed E-state index contributed by atoms with van der Waals surface area (Å²) in [6.07, 6.45) is -0.306. The van der Waals surface area contributed by atoms with Gasteiger partial charge in [-0.15, -0.1) is 24.0 Å². The summed E-state index contributed by atoms with van der Waals surface area (Å²) in [6.45, 7) is 10.1. The van der Waals surface area contributed by atoms with E-state index in [0.717, 1.165) is 0 Å². The third-order valence-electron chi connectivity index (χ3n) is 4.00. The van der Waals surface area contributed by atoms with Crippen molar-refractivity contribution in [2.75, 3.05) is 32.7 Å². The number of halogens is 2. The molecule has 0 aromatic heterocycles. The van der Waals surface area contributed by atoms with Gasteiger partial charge in [-0.05, 0) is 39.8 Å². The van der Waals surface area contributed by atoms with Gasteiger partial charge < -0.3 is 25.6 Å². The molecule has 0 bridgehead atoms. The van der Waals surface area contributed by atoms with E-state index < -0.39 is 5.60 Å². The van der Waals surface area contributed by atoms with Crippen molar-refractivity contribution in [3.63, 3.8) is 0 Å². The van der Waals surface area contributed by atoms with Gasteiger partial charge in [-0.1, -0.05) is 23.7 Å². The number of aliphatic imine (C=N–C) groups is 1. The summed E-state index contributed by atoms with van der Waals surface area (Å²) in [5, 5.41) is 9.68. The van der Waals surface area contributed by atoms with Gasteiger partial charge >= 0.3 is 6.09 Å². The number of hydrogen-bond donors (Lipinski definition) is 3. The Bertz CT molecular complexity index is 748. The van der Waals surface area contributed by atoms with Crippen LogP contribution in [0.4, 0.5) is 4.79 Å². The molecule has 2 rings (SSSR count). The normalized spacial score (nSPS) is 14.3. The van der Waals surface area contributed by atoms with Crippen molar-refractivity contribution in [2.24, 2.45) is 4.99 Å². The van der Waals surface area contributed by atoms with E-state index in [0.29, 0.717) is 49.3 Å². The fourth-order valence-corrected chi connectivity index (χ4v) is 2.86. The third-order valence-corrected chi connectivity index (χ3v) is 4.33. The van der Waals surface area contributed by atoms with Crippen molar-refractivity contribution in [1.82, 2.24) is 20.9 Å². The summed E-state index contributed by atoms with van der Waals surface area (Å²) in [6, 6.07) is 7.02. The van der Waals surface area contributed by atoms with Crippen molar-refractivity contribution in [3.05, 3.63) is 34.9 Å². The van der Waals surface area contributed by atoms with Crippen LogP contribution in [0.25, 0.3) is 0 Å². The predicted molar refractivity (Wildman–Crippen MR) is 130 cm³/mol. The molecule has 1 aromatic carbocycles. The highest BCUT2D eigenvalue weighted by molar-refractivity contribution is 14.0. The number of nitrogens with one attached hydrogen (secondary N) is 3. The third kappa shape index (κ3) is 8.55. The monoisotopic (exact) mass is 551 g/mol. The molecule has 0 spiro atoms. The lowest BCUT2D eigenvalue weighted by molar-refractivity contribution is 0.00700. The largest absolute Gasteiger partial charge is 0.444 e. The zero-order valence-corrected chi connectivity index (χ0v) is 20.9. The molecule has 168 valence electrons. The lowest BCUT2D eigenvalue weighted by Gasteiger charge is -2.40. The number of guanidine groups is 1. The summed E-state index contributed by atoms with van der Waals surface area (Å²) in [7, 11) is 0. The topological polar surface area (TPSA) is 95.1 Å². The molecule has 1 heterocycles. The number of amides is 2. The first-order chi connectivity index (χ1) is 13.7. The van der Waals surface area contributed by atoms with Gasteiger partial charge in [0.25, 0.3) is 5.91 Å². The number of carbonyl (C=O) groups excluding carboxylic acids is 2. The molecule has 10 heteroatoms. The zero-order valence-electron chi connectivity index (χ0n) is 17.8. The molecule has 0 saturated carbocycles. The van der Waals surface area contributed by atoms with Crippen LogP contribution in [0.3, 0.4) is 0 Å². The Kier molecular flexibility index (Phi) is 10.7. The van der Waals surface area contributed by atoms with Gasteiger partial charge in [-0.25, -0.2) is 4.79 Å². The SMILES string of the molecule is CCNC(=NCCNC(=O)c1ccccc1Cl)NC1CN(C(=O)OC(C)(C)C)C1.I. The van der Waals surface area contributed by atoms with Crippen LogP contribution in [0, 0.1) is 0 Å². The molecule has 3 N–H and O–H groups in total. The van der Waals surface area contributed by atoms with Gasteiger partial charge in [0.15, 0.2) is 5.96 Å². The number of carbonyl (C=O) groups is 2. The predicted octanol–water partition coefficient (Wildman–Crippen LogP) is 2.86. The van der Waals surface area contributed by atoms with Crippen LogP contribution in [-0.4, -0.2) is 67.2 Å². The van der Waals surface area contributed by atoms with E-state index in [1.165, 1.54) is 0 Å². The lowest BCUT2D eigenvalue weighted by atomic mass is 10.1. The minimum Gasteiger partial charge on any atom is -0.444 e. The van der Waals surface area contributed by atoms with E-state index in [4.69, 9.17) is 16.3 Å². The highest BCUT2D eigenvalue weighted by atomic mass is 127. The van der Waals surface area contributed by atoms with Crippen LogP contribution < -0.4 is 16.0 Å². The maximum atomic E-state index is 12.1. The second-order valence-corrected chi connectivity index (χ2v) is 8.13. The first-order valence-corrected chi connectivity index (χ1v) is 10.1. The van der Waals surface area contributed by atoms with Gasteiger partial charge in [-0.2, -0.15) is 0 Å². The van der Waals surface area contributed by atoms with Crippen LogP contribution >= 0.6 is 35.6 Å². The molecule has 8 nitrogen and oxygen atoms in total. The minimum absolute atomic E-state index is 0. The molecule has 30 heavy (non-hydrogen) atoms. The second-order valence-electron chi connectivity index (χ2n) is 7.72. The van der Waals surface area contributed by atoms with E-state index in [1.54, 1.807) is 29.2 Å². The number of hydrogen-bond acceptors (Lipinski definition) is 4. The average Bonchev–Trinajstić information content (AvgIpc) is 2.59. The zero-order chi connectivity index (χ0) is 21.4. The van der Waals surface area contributed by atoms with Crippen LogP contribution in [0.5, 0.6) is 0 Å². The van der Waals surface area contributed by atoms with Crippen LogP contribution in [-0.2, 0) is 4.74 Å². The van der Waals surface area contributed by atoms with E-state index in [2.05, 4.69) is 20.9 Å². The summed E-state index contributed by atoms with van der Waals surface area (Å²) in [4.78, 5) is 30.3. The maximum Gasteiger partial charge on any atom is 0.410 e. The van der Waals surface area contributed by atoms with Crippen molar-refractivity contribution in [2.45, 2.75) is 39.3 Å². The van der Waals surface area contributed by atoms with Crippen molar-refractivity contribution < 1.29 is 14.3 Å². The number of ether oxygens (including phenoxy) is 1. The Morgan fingerprint density at radius 2 is 1.90 bits per heavy atom. The van der Waals surface area contributed by atoms with Crippen molar-refractivity contribution in [3.8, 4) is 0 Å². The number of likely N-dealkylation sites (tertiary alicyclic amines) is 1. The molecule has 0 aliphatic carbocycles. The molecule has 0 unspecified atom stereocenters. The smallest absolute Gasteiger partial charge is 0.410 e. The quantitative estimate of drug-likeness (QED) is 0.219. The Morgan fingerprint density at radius 1 is 1.23 bits per heavy atom. The first-order valence-electron chi connectivity index (χ1n) is 9.75. The Balaban J connectivity index is 0.00000450. The van der Waals surface area contributed by atoms with Gasteiger partial charge in [0, 0.05) is 26.2 Å².